The van der Waals surface area contributed by atoms with Gasteiger partial charge in [0.2, 0.25) is 0 Å². The van der Waals surface area contributed by atoms with Gasteiger partial charge in [-0.1, -0.05) is 236 Å². The van der Waals surface area contributed by atoms with Crippen LogP contribution in [-0.2, 0) is 0 Å². The van der Waals surface area contributed by atoms with E-state index in [-0.39, 0.29) is 0 Å². The molecule has 0 spiro atoms. The topological polar surface area (TPSA) is 9.86 Å². The molecule has 2 nitrogen and oxygen atoms in total. The van der Waals surface area contributed by atoms with Crippen molar-refractivity contribution >= 4 is 113 Å². The molecule has 5 heteroatoms. The van der Waals surface area contributed by atoms with Gasteiger partial charge in [0, 0.05) is 37.0 Å². The van der Waals surface area contributed by atoms with Crippen LogP contribution in [0, 0.1) is 0 Å². The molecule has 0 fully saturated rings. The second-order valence-electron chi connectivity index (χ2n) is 18.7. The van der Waals surface area contributed by atoms with Crippen molar-refractivity contribution in [2.24, 2.45) is 0 Å². The fourth-order valence-electron chi connectivity index (χ4n) is 12.3. The summed E-state index contributed by atoms with van der Waals surface area (Å²) < 4.78 is 5.09. The van der Waals surface area contributed by atoms with Crippen LogP contribution in [-0.4, -0.2) is 25.3 Å². The molecule has 3 heterocycles. The normalized spacial score (nSPS) is 13.1. The van der Waals surface area contributed by atoms with E-state index in [1.54, 1.807) is 0 Å². The number of nitrogens with zero attached hydrogens (tertiary/aromatic N) is 2. The number of fused-ring (bicyclic) bond motifs is 8. The second-order valence-corrected chi connectivity index (χ2v) is 27.3. The molecule has 14 rings (SSSR count). The van der Waals surface area contributed by atoms with E-state index >= 15 is 0 Å². The predicted molar refractivity (Wildman–Crippen MR) is 306 cm³/mol. The lowest BCUT2D eigenvalue weighted by Gasteiger charge is -2.39. The Balaban J connectivity index is 1.04. The Bertz CT molecular complexity index is 4000. The molecule has 0 N–H and O–H groups in total. The minimum atomic E-state index is -2.83. The van der Waals surface area contributed by atoms with Gasteiger partial charge in [-0.2, -0.15) is 0 Å². The first-order valence-corrected chi connectivity index (χ1v) is 29.3. The molecule has 1 aliphatic rings. The predicted octanol–water partition coefficient (Wildman–Crippen LogP) is 11.1. The van der Waals surface area contributed by atoms with E-state index < -0.39 is 16.1 Å². The highest BCUT2D eigenvalue weighted by atomic mass is 32.2. The summed E-state index contributed by atoms with van der Waals surface area (Å²) in [5.41, 5.74) is 7.10. The third kappa shape index (κ3) is 6.20. The third-order valence-corrected chi connectivity index (χ3v) is 26.3. The minimum Gasteiger partial charge on any atom is -0.309 e. The fraction of sp³-hybridized carbons (Fsp3) is 0. The molecule has 0 saturated carbocycles. The van der Waals surface area contributed by atoms with Crippen molar-refractivity contribution in [2.45, 2.75) is 9.79 Å². The number of rotatable bonds is 8. The van der Waals surface area contributed by atoms with E-state index in [1.807, 2.05) is 11.8 Å². The minimum absolute atomic E-state index is 1.15. The van der Waals surface area contributed by atoms with Gasteiger partial charge in [0.25, 0.3) is 0 Å². The Kier molecular flexibility index (Phi) is 9.85. The van der Waals surface area contributed by atoms with Crippen molar-refractivity contribution < 1.29 is 0 Å². The number of para-hydroxylation sites is 2. The van der Waals surface area contributed by atoms with Gasteiger partial charge in [-0.05, 0) is 96.1 Å². The maximum Gasteiger partial charge on any atom is 0.181 e. The molecule has 71 heavy (non-hydrogen) atoms. The number of hydrogen-bond acceptors (Lipinski definition) is 1. The summed E-state index contributed by atoms with van der Waals surface area (Å²) in [6.07, 6.45) is 0. The van der Waals surface area contributed by atoms with Crippen molar-refractivity contribution in [3.63, 3.8) is 0 Å². The highest BCUT2D eigenvalue weighted by Crippen LogP contribution is 2.40. The first kappa shape index (κ1) is 41.7. The van der Waals surface area contributed by atoms with Crippen molar-refractivity contribution in [1.29, 1.82) is 0 Å². The lowest BCUT2D eigenvalue weighted by Crippen LogP contribution is -2.76. The molecule has 0 bridgehead atoms. The summed E-state index contributed by atoms with van der Waals surface area (Å²) in [6, 6.07) is 105. The number of benzene rings is 11. The van der Waals surface area contributed by atoms with Crippen LogP contribution >= 0.6 is 11.8 Å². The molecule has 0 amide bonds. The van der Waals surface area contributed by atoms with Gasteiger partial charge in [-0.3, -0.25) is 0 Å². The van der Waals surface area contributed by atoms with E-state index in [9.17, 15) is 0 Å². The molecule has 1 aliphatic heterocycles. The van der Waals surface area contributed by atoms with Crippen LogP contribution in [0.2, 0.25) is 0 Å². The zero-order valence-electron chi connectivity index (χ0n) is 38.9. The zero-order chi connectivity index (χ0) is 46.9. The van der Waals surface area contributed by atoms with Crippen LogP contribution in [0.5, 0.6) is 0 Å². The molecule has 0 unspecified atom stereocenters. The van der Waals surface area contributed by atoms with E-state index in [0.717, 1.165) is 5.69 Å². The Labute approximate surface area is 419 Å². The van der Waals surface area contributed by atoms with Gasteiger partial charge < -0.3 is 9.13 Å². The molecule has 0 atom stereocenters. The van der Waals surface area contributed by atoms with Crippen molar-refractivity contribution in [1.82, 2.24) is 9.13 Å². The maximum atomic E-state index is 2.57. The van der Waals surface area contributed by atoms with Crippen molar-refractivity contribution in [2.75, 3.05) is 0 Å². The molecule has 2 aromatic heterocycles. The summed E-state index contributed by atoms with van der Waals surface area (Å²) in [5.74, 6) is 0. The van der Waals surface area contributed by atoms with Crippen molar-refractivity contribution in [3.8, 4) is 11.4 Å². The third-order valence-electron chi connectivity index (χ3n) is 15.2. The van der Waals surface area contributed by atoms with Gasteiger partial charge >= 0.3 is 0 Å². The largest absolute Gasteiger partial charge is 0.309 e. The van der Waals surface area contributed by atoms with E-state index in [0.29, 0.717) is 0 Å². The van der Waals surface area contributed by atoms with Gasteiger partial charge in [0.1, 0.15) is 0 Å². The Morgan fingerprint density at radius 2 is 0.789 bits per heavy atom. The van der Waals surface area contributed by atoms with Crippen LogP contribution in [0.25, 0.3) is 55.0 Å². The molecule has 0 saturated heterocycles. The van der Waals surface area contributed by atoms with Crippen LogP contribution in [0.3, 0.4) is 0 Å². The van der Waals surface area contributed by atoms with Gasteiger partial charge in [-0.25, -0.2) is 0 Å². The monoisotopic (exact) mass is 954 g/mol. The second kappa shape index (κ2) is 16.7. The van der Waals surface area contributed by atoms with Crippen LogP contribution in [0.4, 0.5) is 0 Å². The zero-order valence-corrected chi connectivity index (χ0v) is 41.7. The molecule has 334 valence electrons. The van der Waals surface area contributed by atoms with Crippen LogP contribution < -0.4 is 41.5 Å². The Morgan fingerprint density at radius 3 is 1.42 bits per heavy atom. The van der Waals surface area contributed by atoms with Crippen LogP contribution in [0.15, 0.2) is 289 Å². The average Bonchev–Trinajstić information content (AvgIpc) is 3.97. The molecule has 0 radical (unpaired) electrons. The Hall–Kier alpha value is -8.20. The van der Waals surface area contributed by atoms with Crippen LogP contribution in [0.1, 0.15) is 0 Å². The molecule has 13 aromatic rings. The first-order valence-electron chi connectivity index (χ1n) is 24.5. The summed E-state index contributed by atoms with van der Waals surface area (Å²) in [7, 11) is -5.64. The highest BCUT2D eigenvalue weighted by molar-refractivity contribution is 8.00. The first-order chi connectivity index (χ1) is 35.2. The lowest BCUT2D eigenvalue weighted by molar-refractivity contribution is 1.17. The fourth-order valence-corrected chi connectivity index (χ4v) is 24.1. The van der Waals surface area contributed by atoms with Gasteiger partial charge in [0.15, 0.2) is 16.1 Å². The van der Waals surface area contributed by atoms with E-state index in [2.05, 4.69) is 288 Å². The van der Waals surface area contributed by atoms with E-state index in [4.69, 9.17) is 0 Å². The van der Waals surface area contributed by atoms with E-state index in [1.165, 1.54) is 101 Å². The number of hydrogen-bond donors (Lipinski definition) is 0. The Morgan fingerprint density at radius 1 is 0.310 bits per heavy atom. The summed E-state index contributed by atoms with van der Waals surface area (Å²) >= 11 is 1.91. The molecule has 11 aromatic carbocycles. The van der Waals surface area contributed by atoms with Gasteiger partial charge in [-0.15, -0.1) is 0 Å². The SMILES string of the molecule is c1ccc([Si](c2ccccc2)(c2ccccc2)c2cccc(-n3c4ccccc4c4c(-n5c6ccccc6c6ccc([Si]7(c8ccccc8)c8ccccc8Sc8ccccc87)cc65)cccc43)c2)cc1. The highest BCUT2D eigenvalue weighted by Gasteiger charge is 2.47. The summed E-state index contributed by atoms with van der Waals surface area (Å²) in [5, 5.41) is 16.1. The number of aromatic nitrogens is 2. The standard InChI is InChI=1S/C66H46N2SSi2/c1-5-24-48(25-6-1)70(49-26-7-2-8-27-49,50-28-9-3-10-29-50)52-32-21-23-47(45-52)67-58-36-16-14-34-56(58)66-59(67)37-22-38-60(66)68-57-35-15-13-33-54(57)55-44-43-53(46-61(55)68)71(51-30-11-4-12-31-51)64-41-19-17-39-62(64)69-63-40-18-20-42-65(63)71/h1-46H. The average molecular weight is 955 g/mol. The quantitative estimate of drug-likeness (QED) is 0.109. The summed E-state index contributed by atoms with van der Waals surface area (Å²) in [4.78, 5) is 2.69. The smallest absolute Gasteiger partial charge is 0.181 e. The molecular weight excluding hydrogens is 909 g/mol. The molecular formula is C66H46N2SSi2. The maximum absolute atomic E-state index is 2.83. The lowest BCUT2D eigenvalue weighted by atomic mass is 10.1. The van der Waals surface area contributed by atoms with Crippen molar-refractivity contribution in [3.05, 3.63) is 279 Å². The molecule has 0 aliphatic carbocycles. The van der Waals surface area contributed by atoms with Gasteiger partial charge in [0.05, 0.1) is 27.8 Å². The summed E-state index contributed by atoms with van der Waals surface area (Å²) in [6.45, 7) is 0.